The number of aliphatic hydroxyl groups excluding tert-OH is 1. The Labute approximate surface area is 132 Å². The quantitative estimate of drug-likeness (QED) is 0.574. The summed E-state index contributed by atoms with van der Waals surface area (Å²) in [6, 6.07) is 9.07. The highest BCUT2D eigenvalue weighted by molar-refractivity contribution is 5.94. The molecule has 0 aliphatic heterocycles. The number of fused-ring (bicyclic) bond motifs is 1. The lowest BCUT2D eigenvalue weighted by atomic mass is 10.1. The van der Waals surface area contributed by atoms with Gasteiger partial charge in [0.05, 0.1) is 17.5 Å². The largest absolute Gasteiger partial charge is 0.480 e. The van der Waals surface area contributed by atoms with Crippen molar-refractivity contribution in [3.63, 3.8) is 0 Å². The second-order valence-corrected chi connectivity index (χ2v) is 5.17. The van der Waals surface area contributed by atoms with Crippen LogP contribution < -0.4 is 5.32 Å². The third kappa shape index (κ3) is 3.14. The van der Waals surface area contributed by atoms with Crippen molar-refractivity contribution in [3.8, 4) is 11.3 Å². The van der Waals surface area contributed by atoms with Crippen LogP contribution in [-0.2, 0) is 4.79 Å². The topological polar surface area (TPSA) is 111 Å². The van der Waals surface area contributed by atoms with Crippen LogP contribution >= 0.6 is 0 Å². The van der Waals surface area contributed by atoms with Crippen LogP contribution in [0.2, 0.25) is 0 Å². The number of carboxylic acids is 1. The van der Waals surface area contributed by atoms with Crippen molar-refractivity contribution in [1.82, 2.24) is 15.0 Å². The van der Waals surface area contributed by atoms with Gasteiger partial charge in [-0.3, -0.25) is 9.78 Å². The number of hydrogen-bond acceptors (Lipinski definition) is 5. The zero-order valence-corrected chi connectivity index (χ0v) is 12.4. The number of rotatable bonds is 5. The van der Waals surface area contributed by atoms with Gasteiger partial charge >= 0.3 is 5.97 Å². The summed E-state index contributed by atoms with van der Waals surface area (Å²) in [7, 11) is 0. The predicted octanol–water partition coefficient (Wildman–Crippen LogP) is 2.17. The predicted molar refractivity (Wildman–Crippen MR) is 86.1 cm³/mol. The molecular weight excluding hydrogens is 296 g/mol. The van der Waals surface area contributed by atoms with Gasteiger partial charge in [-0.1, -0.05) is 6.07 Å². The summed E-state index contributed by atoms with van der Waals surface area (Å²) in [5, 5.41) is 22.1. The zero-order chi connectivity index (χ0) is 16.4. The van der Waals surface area contributed by atoms with Crippen LogP contribution in [0.5, 0.6) is 0 Å². The van der Waals surface area contributed by atoms with Gasteiger partial charge in [-0.25, -0.2) is 4.98 Å². The number of aliphatic hydroxyl groups is 1. The third-order valence-electron chi connectivity index (χ3n) is 3.42. The number of carbonyl (C=O) groups is 1. The monoisotopic (exact) mass is 312 g/mol. The number of aliphatic carboxylic acids is 1. The van der Waals surface area contributed by atoms with E-state index in [-0.39, 0.29) is 6.54 Å². The minimum atomic E-state index is -0.964. The van der Waals surface area contributed by atoms with E-state index in [4.69, 9.17) is 5.11 Å². The van der Waals surface area contributed by atoms with E-state index < -0.39 is 12.1 Å². The molecule has 3 heterocycles. The number of aromatic nitrogens is 3. The molecule has 7 heteroatoms. The Bertz CT molecular complexity index is 857. The lowest BCUT2D eigenvalue weighted by Gasteiger charge is -2.10. The molecule has 0 aliphatic carbocycles. The van der Waals surface area contributed by atoms with E-state index in [1.807, 2.05) is 18.2 Å². The molecule has 3 aromatic heterocycles. The Balaban J connectivity index is 2.09. The van der Waals surface area contributed by atoms with Crippen molar-refractivity contribution < 1.29 is 15.0 Å². The maximum Gasteiger partial charge on any atom is 0.322 e. The SMILES string of the molecule is CC(O)c1cccc(-c2cc(NCC(=O)O)nc3[nH]ccc23)n1. The fourth-order valence-electron chi connectivity index (χ4n) is 2.34. The first-order valence-electron chi connectivity index (χ1n) is 7.14. The molecule has 0 fully saturated rings. The standard InChI is InChI=1S/C16H16N4O3/c1-9(21)12-3-2-4-13(19-12)11-7-14(18-8-15(22)23)20-16-10(11)5-6-17-16/h2-7,9,21H,8H2,1H3,(H,22,23)(H2,17,18,20). The molecule has 0 amide bonds. The molecule has 3 rings (SSSR count). The normalized spacial score (nSPS) is 12.3. The fraction of sp³-hybridized carbons (Fsp3) is 0.188. The average Bonchev–Trinajstić information content (AvgIpc) is 3.00. The van der Waals surface area contributed by atoms with Crippen LogP contribution in [0.25, 0.3) is 22.3 Å². The summed E-state index contributed by atoms with van der Waals surface area (Å²) in [4.78, 5) is 22.6. The van der Waals surface area contributed by atoms with E-state index in [1.54, 1.807) is 25.3 Å². The minimum Gasteiger partial charge on any atom is -0.480 e. The molecule has 0 bridgehead atoms. The van der Waals surface area contributed by atoms with Crippen molar-refractivity contribution in [2.75, 3.05) is 11.9 Å². The number of anilines is 1. The number of pyridine rings is 2. The van der Waals surface area contributed by atoms with E-state index in [2.05, 4.69) is 20.3 Å². The van der Waals surface area contributed by atoms with Crippen LogP contribution in [0.15, 0.2) is 36.5 Å². The van der Waals surface area contributed by atoms with Gasteiger partial charge < -0.3 is 20.5 Å². The van der Waals surface area contributed by atoms with Gasteiger partial charge in [-0.2, -0.15) is 0 Å². The number of carboxylic acid groups (broad SMARTS) is 1. The van der Waals surface area contributed by atoms with Gasteiger partial charge in [0.15, 0.2) is 0 Å². The maximum atomic E-state index is 10.7. The second-order valence-electron chi connectivity index (χ2n) is 5.17. The van der Waals surface area contributed by atoms with Gasteiger partial charge in [0, 0.05) is 17.1 Å². The van der Waals surface area contributed by atoms with E-state index in [9.17, 15) is 9.90 Å². The van der Waals surface area contributed by atoms with Gasteiger partial charge in [0.2, 0.25) is 0 Å². The van der Waals surface area contributed by atoms with E-state index in [0.717, 1.165) is 10.9 Å². The number of aromatic amines is 1. The first kappa shape index (κ1) is 15.0. The molecular formula is C16H16N4O3. The van der Waals surface area contributed by atoms with Crippen molar-refractivity contribution >= 4 is 22.8 Å². The highest BCUT2D eigenvalue weighted by Gasteiger charge is 2.12. The molecule has 0 saturated carbocycles. The Hall–Kier alpha value is -2.93. The summed E-state index contributed by atoms with van der Waals surface area (Å²) in [5.74, 6) is -0.518. The third-order valence-corrected chi connectivity index (χ3v) is 3.42. The van der Waals surface area contributed by atoms with Gasteiger partial charge in [0.1, 0.15) is 18.0 Å². The highest BCUT2D eigenvalue weighted by Crippen LogP contribution is 2.29. The maximum absolute atomic E-state index is 10.7. The zero-order valence-electron chi connectivity index (χ0n) is 12.4. The fourth-order valence-corrected chi connectivity index (χ4v) is 2.34. The van der Waals surface area contributed by atoms with E-state index in [1.165, 1.54) is 0 Å². The molecule has 1 atom stereocenters. The highest BCUT2D eigenvalue weighted by atomic mass is 16.4. The number of nitrogens with zero attached hydrogens (tertiary/aromatic N) is 2. The van der Waals surface area contributed by atoms with Crippen LogP contribution in [0.3, 0.4) is 0 Å². The van der Waals surface area contributed by atoms with Gasteiger partial charge in [0.25, 0.3) is 0 Å². The first-order valence-corrected chi connectivity index (χ1v) is 7.14. The molecule has 1 unspecified atom stereocenters. The van der Waals surface area contributed by atoms with Crippen LogP contribution in [0, 0.1) is 0 Å². The lowest BCUT2D eigenvalue weighted by molar-refractivity contribution is -0.134. The first-order chi connectivity index (χ1) is 11.0. The van der Waals surface area contributed by atoms with Crippen LogP contribution in [0.1, 0.15) is 18.7 Å². The molecule has 0 aromatic carbocycles. The van der Waals surface area contributed by atoms with Crippen molar-refractivity contribution in [3.05, 3.63) is 42.2 Å². The number of nitrogens with one attached hydrogen (secondary N) is 2. The minimum absolute atomic E-state index is 0.222. The Kier molecular flexibility index (Phi) is 3.94. The summed E-state index contributed by atoms with van der Waals surface area (Å²) >= 11 is 0. The molecule has 0 saturated heterocycles. The summed E-state index contributed by atoms with van der Waals surface area (Å²) < 4.78 is 0. The van der Waals surface area contributed by atoms with Gasteiger partial charge in [-0.15, -0.1) is 0 Å². The van der Waals surface area contributed by atoms with Crippen molar-refractivity contribution in [2.24, 2.45) is 0 Å². The molecule has 0 radical (unpaired) electrons. The van der Waals surface area contributed by atoms with Gasteiger partial charge in [-0.05, 0) is 31.2 Å². The van der Waals surface area contributed by atoms with Crippen molar-refractivity contribution in [1.29, 1.82) is 0 Å². The molecule has 0 aliphatic rings. The Morgan fingerprint density at radius 1 is 1.35 bits per heavy atom. The van der Waals surface area contributed by atoms with E-state index in [0.29, 0.717) is 22.9 Å². The Morgan fingerprint density at radius 3 is 2.91 bits per heavy atom. The smallest absolute Gasteiger partial charge is 0.322 e. The number of hydrogen-bond donors (Lipinski definition) is 4. The lowest BCUT2D eigenvalue weighted by Crippen LogP contribution is -2.13. The van der Waals surface area contributed by atoms with Crippen LogP contribution in [-0.4, -0.2) is 37.7 Å². The van der Waals surface area contributed by atoms with Crippen molar-refractivity contribution in [2.45, 2.75) is 13.0 Å². The molecule has 3 aromatic rings. The molecule has 4 N–H and O–H groups in total. The summed E-state index contributed by atoms with van der Waals surface area (Å²) in [6.07, 6.45) is 1.10. The average molecular weight is 312 g/mol. The second kappa shape index (κ2) is 6.05. The molecule has 7 nitrogen and oxygen atoms in total. The number of H-pyrrole nitrogens is 1. The summed E-state index contributed by atoms with van der Waals surface area (Å²) in [6.45, 7) is 1.43. The molecule has 0 spiro atoms. The van der Waals surface area contributed by atoms with E-state index >= 15 is 0 Å². The van der Waals surface area contributed by atoms with Crippen LogP contribution in [0.4, 0.5) is 5.82 Å². The molecule has 23 heavy (non-hydrogen) atoms. The molecule has 118 valence electrons. The summed E-state index contributed by atoms with van der Waals surface area (Å²) in [5.41, 5.74) is 2.71. The Morgan fingerprint density at radius 2 is 2.17 bits per heavy atom.